The Morgan fingerprint density at radius 3 is 2.80 bits per heavy atom. The van der Waals surface area contributed by atoms with Crippen LogP contribution in [-0.4, -0.2) is 19.3 Å². The fourth-order valence-electron chi connectivity index (χ4n) is 0.964. The summed E-state index contributed by atoms with van der Waals surface area (Å²) in [7, 11) is 1.58. The SMILES string of the molecule is COc1ccc(Br)cc1/C=N/N=C(N)N. The summed E-state index contributed by atoms with van der Waals surface area (Å²) in [6, 6.07) is 5.54. The van der Waals surface area contributed by atoms with Gasteiger partial charge in [-0.25, -0.2) is 0 Å². The van der Waals surface area contributed by atoms with Crippen LogP contribution in [-0.2, 0) is 0 Å². The van der Waals surface area contributed by atoms with E-state index in [1.54, 1.807) is 7.11 Å². The summed E-state index contributed by atoms with van der Waals surface area (Å²) in [6.07, 6.45) is 1.52. The van der Waals surface area contributed by atoms with Gasteiger partial charge < -0.3 is 16.2 Å². The molecule has 0 spiro atoms. The molecule has 15 heavy (non-hydrogen) atoms. The van der Waals surface area contributed by atoms with Crippen LogP contribution in [0, 0.1) is 0 Å². The number of methoxy groups -OCH3 is 1. The van der Waals surface area contributed by atoms with E-state index in [1.807, 2.05) is 18.2 Å². The van der Waals surface area contributed by atoms with Gasteiger partial charge >= 0.3 is 0 Å². The van der Waals surface area contributed by atoms with Gasteiger partial charge in [-0.15, -0.1) is 5.10 Å². The third-order valence-corrected chi connectivity index (χ3v) is 2.06. The Kier molecular flexibility index (Phi) is 4.11. The average Bonchev–Trinajstić information content (AvgIpc) is 2.17. The molecule has 1 rings (SSSR count). The van der Waals surface area contributed by atoms with Gasteiger partial charge in [-0.2, -0.15) is 5.10 Å². The second kappa shape index (κ2) is 5.35. The van der Waals surface area contributed by atoms with Crippen molar-refractivity contribution < 1.29 is 4.74 Å². The second-order valence-electron chi connectivity index (χ2n) is 2.66. The molecule has 0 aliphatic rings. The molecule has 0 aliphatic carbocycles. The van der Waals surface area contributed by atoms with Crippen LogP contribution >= 0.6 is 15.9 Å². The van der Waals surface area contributed by atoms with Crippen molar-refractivity contribution in [2.45, 2.75) is 0 Å². The van der Waals surface area contributed by atoms with Crippen molar-refractivity contribution in [1.82, 2.24) is 0 Å². The number of ether oxygens (including phenoxy) is 1. The zero-order valence-electron chi connectivity index (χ0n) is 8.14. The molecule has 1 aromatic rings. The first-order valence-electron chi connectivity index (χ1n) is 4.09. The van der Waals surface area contributed by atoms with Crippen molar-refractivity contribution in [1.29, 1.82) is 0 Å². The van der Waals surface area contributed by atoms with Gasteiger partial charge in [-0.1, -0.05) is 15.9 Å². The highest BCUT2D eigenvalue weighted by Gasteiger charge is 2.00. The Balaban J connectivity index is 2.97. The van der Waals surface area contributed by atoms with E-state index in [2.05, 4.69) is 26.1 Å². The topological polar surface area (TPSA) is 86.0 Å². The molecule has 0 aliphatic heterocycles. The van der Waals surface area contributed by atoms with Crippen LogP contribution in [0.2, 0.25) is 0 Å². The predicted molar refractivity (Wildman–Crippen MR) is 64.1 cm³/mol. The van der Waals surface area contributed by atoms with Crippen LogP contribution in [0.4, 0.5) is 0 Å². The molecule has 0 radical (unpaired) electrons. The van der Waals surface area contributed by atoms with Crippen LogP contribution in [0.25, 0.3) is 0 Å². The van der Waals surface area contributed by atoms with Gasteiger partial charge in [-0.05, 0) is 18.2 Å². The fraction of sp³-hybridized carbons (Fsp3) is 0.111. The van der Waals surface area contributed by atoms with Gasteiger partial charge in [0.25, 0.3) is 0 Å². The number of benzene rings is 1. The standard InChI is InChI=1S/C9H11BrN4O/c1-15-8-3-2-7(10)4-6(8)5-13-14-9(11)12/h2-5H,1H3,(H4,11,12,14)/b13-5+. The zero-order chi connectivity index (χ0) is 11.3. The third-order valence-electron chi connectivity index (χ3n) is 1.56. The first-order chi connectivity index (χ1) is 7.13. The molecule has 80 valence electrons. The first kappa shape index (κ1) is 11.5. The number of hydrogen-bond donors (Lipinski definition) is 2. The molecule has 0 saturated carbocycles. The van der Waals surface area contributed by atoms with Crippen molar-refractivity contribution in [3.63, 3.8) is 0 Å². The van der Waals surface area contributed by atoms with Crippen molar-refractivity contribution >= 4 is 28.1 Å². The van der Waals surface area contributed by atoms with Crippen LogP contribution < -0.4 is 16.2 Å². The minimum Gasteiger partial charge on any atom is -0.496 e. The van der Waals surface area contributed by atoms with E-state index < -0.39 is 0 Å². The summed E-state index contributed by atoms with van der Waals surface area (Å²) in [6.45, 7) is 0. The molecule has 0 atom stereocenters. The lowest BCUT2D eigenvalue weighted by molar-refractivity contribution is 0.414. The van der Waals surface area contributed by atoms with Crippen LogP contribution in [0.5, 0.6) is 5.75 Å². The molecule has 0 aromatic heterocycles. The molecule has 0 saturated heterocycles. The largest absolute Gasteiger partial charge is 0.496 e. The maximum absolute atomic E-state index is 5.13. The van der Waals surface area contributed by atoms with Crippen molar-refractivity contribution in [2.24, 2.45) is 21.7 Å². The van der Waals surface area contributed by atoms with Crippen molar-refractivity contribution in [3.8, 4) is 5.75 Å². The predicted octanol–water partition coefficient (Wildman–Crippen LogP) is 1.06. The Bertz CT molecular complexity index is 399. The van der Waals surface area contributed by atoms with E-state index in [-0.39, 0.29) is 5.96 Å². The smallest absolute Gasteiger partial charge is 0.211 e. The van der Waals surface area contributed by atoms with E-state index in [9.17, 15) is 0 Å². The van der Waals surface area contributed by atoms with E-state index in [4.69, 9.17) is 16.2 Å². The van der Waals surface area contributed by atoms with Crippen molar-refractivity contribution in [3.05, 3.63) is 28.2 Å². The van der Waals surface area contributed by atoms with Gasteiger partial charge in [0.1, 0.15) is 5.75 Å². The fourth-order valence-corrected chi connectivity index (χ4v) is 1.34. The number of guanidine groups is 1. The minimum absolute atomic E-state index is 0.0831. The van der Waals surface area contributed by atoms with Crippen molar-refractivity contribution in [2.75, 3.05) is 7.11 Å². The molecule has 0 amide bonds. The minimum atomic E-state index is -0.0831. The number of nitrogens with two attached hydrogens (primary N) is 2. The number of hydrogen-bond acceptors (Lipinski definition) is 3. The average molecular weight is 271 g/mol. The molecule has 0 bridgehead atoms. The molecular formula is C9H11BrN4O. The Labute approximate surface area is 95.9 Å². The van der Waals surface area contributed by atoms with Gasteiger partial charge in [0.15, 0.2) is 0 Å². The van der Waals surface area contributed by atoms with Crippen LogP contribution in [0.15, 0.2) is 32.9 Å². The molecular weight excluding hydrogens is 260 g/mol. The van der Waals surface area contributed by atoms with E-state index in [1.165, 1.54) is 6.21 Å². The highest BCUT2D eigenvalue weighted by Crippen LogP contribution is 2.21. The molecule has 1 aromatic carbocycles. The Hall–Kier alpha value is -1.56. The number of halogens is 1. The summed E-state index contributed by atoms with van der Waals surface area (Å²) >= 11 is 3.34. The second-order valence-corrected chi connectivity index (χ2v) is 3.57. The lowest BCUT2D eigenvalue weighted by Crippen LogP contribution is -2.21. The summed E-state index contributed by atoms with van der Waals surface area (Å²) in [5, 5.41) is 7.20. The number of rotatable bonds is 3. The summed E-state index contributed by atoms with van der Waals surface area (Å²) < 4.78 is 6.06. The summed E-state index contributed by atoms with van der Waals surface area (Å²) in [4.78, 5) is 0. The lowest BCUT2D eigenvalue weighted by atomic mass is 10.2. The molecule has 0 unspecified atom stereocenters. The first-order valence-corrected chi connectivity index (χ1v) is 4.88. The van der Waals surface area contributed by atoms with Gasteiger partial charge in [0.05, 0.1) is 13.3 Å². The Morgan fingerprint density at radius 2 is 2.20 bits per heavy atom. The molecule has 4 N–H and O–H groups in total. The monoisotopic (exact) mass is 270 g/mol. The van der Waals surface area contributed by atoms with E-state index in [0.717, 1.165) is 10.0 Å². The molecule has 5 nitrogen and oxygen atoms in total. The highest BCUT2D eigenvalue weighted by atomic mass is 79.9. The molecule has 0 fully saturated rings. The zero-order valence-corrected chi connectivity index (χ0v) is 9.73. The summed E-state index contributed by atoms with van der Waals surface area (Å²) in [5.41, 5.74) is 11.0. The van der Waals surface area contributed by atoms with E-state index >= 15 is 0 Å². The van der Waals surface area contributed by atoms with Gasteiger partial charge in [-0.3, -0.25) is 0 Å². The molecule has 0 heterocycles. The number of nitrogens with zero attached hydrogens (tertiary/aromatic N) is 2. The van der Waals surface area contributed by atoms with Crippen LogP contribution in [0.1, 0.15) is 5.56 Å². The lowest BCUT2D eigenvalue weighted by Gasteiger charge is -2.03. The maximum Gasteiger partial charge on any atom is 0.211 e. The normalized spacial score (nSPS) is 10.3. The van der Waals surface area contributed by atoms with Gasteiger partial charge in [0.2, 0.25) is 5.96 Å². The summed E-state index contributed by atoms with van der Waals surface area (Å²) in [5.74, 6) is 0.618. The van der Waals surface area contributed by atoms with E-state index in [0.29, 0.717) is 5.75 Å². The quantitative estimate of drug-likeness (QED) is 0.489. The van der Waals surface area contributed by atoms with Gasteiger partial charge in [0, 0.05) is 10.0 Å². The molecule has 6 heteroatoms. The maximum atomic E-state index is 5.13. The highest BCUT2D eigenvalue weighted by molar-refractivity contribution is 9.10. The van der Waals surface area contributed by atoms with Crippen LogP contribution in [0.3, 0.4) is 0 Å². The third kappa shape index (κ3) is 3.59. The Morgan fingerprint density at radius 1 is 1.47 bits per heavy atom.